The highest BCUT2D eigenvalue weighted by Crippen LogP contribution is 2.25. The van der Waals surface area contributed by atoms with Gasteiger partial charge in [0.1, 0.15) is 10.7 Å². The van der Waals surface area contributed by atoms with Crippen LogP contribution < -0.4 is 15.4 Å². The average molecular weight is 432 g/mol. The summed E-state index contributed by atoms with van der Waals surface area (Å²) < 4.78 is 41.1. The third-order valence-electron chi connectivity index (χ3n) is 3.34. The molecule has 0 saturated carbocycles. The summed E-state index contributed by atoms with van der Waals surface area (Å²) in [6.45, 7) is 1.87. The largest absolute Gasteiger partial charge is 0.467 e. The lowest BCUT2D eigenvalue weighted by Crippen LogP contribution is -2.25. The van der Waals surface area contributed by atoms with Crippen LogP contribution in [0.25, 0.3) is 0 Å². The molecule has 2 heterocycles. The van der Waals surface area contributed by atoms with Gasteiger partial charge in [-0.25, -0.2) is 15.0 Å². The molecule has 0 radical (unpaired) electrons. The Morgan fingerprint density at radius 2 is 2.00 bits per heavy atom. The molecule has 0 aliphatic carbocycles. The molecule has 156 valence electrons. The monoisotopic (exact) mass is 431 g/mol. The number of carbonyl (C=O) groups is 2. The Hall–Kier alpha value is -2.95. The summed E-state index contributed by atoms with van der Waals surface area (Å²) in [6, 6.07) is 2.69. The van der Waals surface area contributed by atoms with Gasteiger partial charge in [0.05, 0.1) is 0 Å². The van der Waals surface area contributed by atoms with E-state index in [4.69, 9.17) is 11.6 Å². The maximum atomic E-state index is 12.2. The Labute approximate surface area is 168 Å². The molecule has 8 nitrogen and oxygen atoms in total. The molecule has 0 fully saturated rings. The van der Waals surface area contributed by atoms with Crippen LogP contribution in [0.15, 0.2) is 24.5 Å². The number of anilines is 1. The van der Waals surface area contributed by atoms with Gasteiger partial charge in [0, 0.05) is 24.9 Å². The average Bonchev–Trinajstić information content (AvgIpc) is 2.64. The van der Waals surface area contributed by atoms with E-state index in [1.807, 2.05) is 0 Å². The Morgan fingerprint density at radius 1 is 1.28 bits per heavy atom. The molecule has 0 bridgehead atoms. The number of aromatic nitrogens is 3. The van der Waals surface area contributed by atoms with Crippen molar-refractivity contribution in [3.05, 3.63) is 40.8 Å². The zero-order chi connectivity index (χ0) is 21.6. The van der Waals surface area contributed by atoms with E-state index in [-0.39, 0.29) is 40.9 Å². The van der Waals surface area contributed by atoms with Gasteiger partial charge in [0.25, 0.3) is 5.91 Å². The van der Waals surface area contributed by atoms with Gasteiger partial charge in [0.15, 0.2) is 6.61 Å². The first-order valence-corrected chi connectivity index (χ1v) is 8.69. The Kier molecular flexibility index (Phi) is 7.32. The first kappa shape index (κ1) is 22.3. The highest BCUT2D eigenvalue weighted by atomic mass is 35.5. The summed E-state index contributed by atoms with van der Waals surface area (Å²) in [5, 5.41) is 4.92. The molecule has 29 heavy (non-hydrogen) atoms. The van der Waals surface area contributed by atoms with E-state index < -0.39 is 18.7 Å². The van der Waals surface area contributed by atoms with E-state index in [1.54, 1.807) is 13.8 Å². The zero-order valence-corrected chi connectivity index (χ0v) is 16.1. The van der Waals surface area contributed by atoms with Gasteiger partial charge >= 0.3 is 6.18 Å². The number of carbonyl (C=O) groups excluding carboxylic acids is 2. The molecule has 2 rings (SSSR count). The van der Waals surface area contributed by atoms with E-state index in [0.717, 1.165) is 0 Å². The fraction of sp³-hybridized carbons (Fsp3) is 0.353. The summed E-state index contributed by atoms with van der Waals surface area (Å²) in [5.41, 5.74) is 0.452. The number of nitrogens with one attached hydrogen (secondary N) is 2. The van der Waals surface area contributed by atoms with Crippen LogP contribution in [0.5, 0.6) is 5.88 Å². The lowest BCUT2D eigenvalue weighted by molar-refractivity contribution is -0.154. The first-order valence-electron chi connectivity index (χ1n) is 8.31. The van der Waals surface area contributed by atoms with E-state index in [2.05, 4.69) is 30.3 Å². The number of nitrogens with zero attached hydrogens (tertiary/aromatic N) is 3. The molecule has 2 aromatic rings. The molecule has 0 aliphatic heterocycles. The summed E-state index contributed by atoms with van der Waals surface area (Å²) in [7, 11) is 0. The topological polar surface area (TPSA) is 106 Å². The van der Waals surface area contributed by atoms with Crippen LogP contribution in [-0.4, -0.2) is 39.5 Å². The lowest BCUT2D eigenvalue weighted by Gasteiger charge is -2.11. The number of pyridine rings is 1. The quantitative estimate of drug-likeness (QED) is 0.698. The molecule has 0 atom stereocenters. The van der Waals surface area contributed by atoms with Crippen molar-refractivity contribution in [3.8, 4) is 5.88 Å². The molecule has 12 heteroatoms. The molecule has 2 N–H and O–H groups in total. The second-order valence-corrected chi connectivity index (χ2v) is 6.53. The smallest absolute Gasteiger partial charge is 0.422 e. The second kappa shape index (κ2) is 9.50. The standard InChI is InChI=1S/C17H17ClF3N5O3/c1-9(2)13(27)26-16-22-4-3-12(25-16)14(28)23-6-10-5-11(18)15(24-7-10)29-8-17(19,20)21/h3-5,7,9H,6,8H2,1-2H3,(H,23,28)(H,22,25,26,27). The van der Waals surface area contributed by atoms with Crippen LogP contribution in [-0.2, 0) is 11.3 Å². The summed E-state index contributed by atoms with van der Waals surface area (Å²) >= 11 is 5.86. The minimum absolute atomic E-state index is 0.00720. The molecule has 0 aliphatic rings. The number of hydrogen-bond donors (Lipinski definition) is 2. The lowest BCUT2D eigenvalue weighted by atomic mass is 10.2. The van der Waals surface area contributed by atoms with Crippen LogP contribution in [0.2, 0.25) is 5.02 Å². The minimum atomic E-state index is -4.51. The van der Waals surface area contributed by atoms with Crippen molar-refractivity contribution in [2.75, 3.05) is 11.9 Å². The Bertz CT molecular complexity index is 893. The van der Waals surface area contributed by atoms with Gasteiger partial charge in [-0.3, -0.25) is 14.9 Å². The number of alkyl halides is 3. The normalized spacial score (nSPS) is 11.3. The van der Waals surface area contributed by atoms with Gasteiger partial charge in [-0.2, -0.15) is 13.2 Å². The van der Waals surface area contributed by atoms with Crippen molar-refractivity contribution in [2.24, 2.45) is 5.92 Å². The van der Waals surface area contributed by atoms with Gasteiger partial charge in [-0.1, -0.05) is 25.4 Å². The minimum Gasteiger partial charge on any atom is -0.467 e. The van der Waals surface area contributed by atoms with Gasteiger partial charge < -0.3 is 10.1 Å². The van der Waals surface area contributed by atoms with Crippen molar-refractivity contribution >= 4 is 29.4 Å². The predicted molar refractivity (Wildman–Crippen MR) is 97.5 cm³/mol. The third-order valence-corrected chi connectivity index (χ3v) is 3.61. The van der Waals surface area contributed by atoms with Gasteiger partial charge in [-0.05, 0) is 17.7 Å². The number of hydrogen-bond acceptors (Lipinski definition) is 6. The predicted octanol–water partition coefficient (Wildman–Crippen LogP) is 2.99. The van der Waals surface area contributed by atoms with Crippen molar-refractivity contribution < 1.29 is 27.5 Å². The molecule has 0 saturated heterocycles. The highest BCUT2D eigenvalue weighted by molar-refractivity contribution is 6.31. The van der Waals surface area contributed by atoms with Crippen LogP contribution in [0.4, 0.5) is 19.1 Å². The maximum Gasteiger partial charge on any atom is 0.422 e. The third kappa shape index (κ3) is 7.18. The SMILES string of the molecule is CC(C)C(=O)Nc1nccc(C(=O)NCc2cnc(OCC(F)(F)F)c(Cl)c2)n1. The zero-order valence-electron chi connectivity index (χ0n) is 15.4. The van der Waals surface area contributed by atoms with Gasteiger partial charge in [-0.15, -0.1) is 0 Å². The summed E-state index contributed by atoms with van der Waals surface area (Å²) in [6.07, 6.45) is -1.96. The van der Waals surface area contributed by atoms with Crippen LogP contribution in [0, 0.1) is 5.92 Å². The second-order valence-electron chi connectivity index (χ2n) is 6.13. The molecule has 0 spiro atoms. The molecular formula is C17H17ClF3N5O3. The van der Waals surface area contributed by atoms with Crippen molar-refractivity contribution in [1.82, 2.24) is 20.3 Å². The van der Waals surface area contributed by atoms with Gasteiger partial charge in [0.2, 0.25) is 17.7 Å². The Morgan fingerprint density at radius 3 is 2.62 bits per heavy atom. The van der Waals surface area contributed by atoms with Crippen molar-refractivity contribution in [1.29, 1.82) is 0 Å². The first-order chi connectivity index (χ1) is 13.5. The molecule has 0 unspecified atom stereocenters. The van der Waals surface area contributed by atoms with Crippen LogP contribution in [0.1, 0.15) is 29.9 Å². The van der Waals surface area contributed by atoms with Crippen molar-refractivity contribution in [3.63, 3.8) is 0 Å². The number of rotatable bonds is 7. The van der Waals surface area contributed by atoms with Crippen LogP contribution >= 0.6 is 11.6 Å². The maximum absolute atomic E-state index is 12.2. The summed E-state index contributed by atoms with van der Waals surface area (Å²) in [4.78, 5) is 35.5. The molecule has 2 amide bonds. The van der Waals surface area contributed by atoms with E-state index in [9.17, 15) is 22.8 Å². The van der Waals surface area contributed by atoms with E-state index in [1.165, 1.54) is 24.5 Å². The fourth-order valence-corrected chi connectivity index (χ4v) is 2.13. The van der Waals surface area contributed by atoms with Crippen molar-refractivity contribution in [2.45, 2.75) is 26.6 Å². The molecule has 2 aromatic heterocycles. The van der Waals surface area contributed by atoms with Crippen LogP contribution in [0.3, 0.4) is 0 Å². The van der Waals surface area contributed by atoms with E-state index >= 15 is 0 Å². The molecular weight excluding hydrogens is 415 g/mol. The van der Waals surface area contributed by atoms with E-state index in [0.29, 0.717) is 5.56 Å². The fourth-order valence-electron chi connectivity index (χ4n) is 1.89. The summed E-state index contributed by atoms with van der Waals surface area (Å²) in [5.74, 6) is -1.50. The Balaban J connectivity index is 1.97. The number of halogens is 4. The number of amides is 2. The number of ether oxygens (including phenoxy) is 1. The highest BCUT2D eigenvalue weighted by Gasteiger charge is 2.29. The molecule has 0 aromatic carbocycles.